The van der Waals surface area contributed by atoms with Gasteiger partial charge in [0.05, 0.1) is 31.9 Å². The van der Waals surface area contributed by atoms with E-state index in [9.17, 15) is 4.79 Å². The number of aromatic nitrogens is 4. The van der Waals surface area contributed by atoms with Crippen LogP contribution in [0.1, 0.15) is 16.4 Å². The van der Waals surface area contributed by atoms with Gasteiger partial charge in [0.25, 0.3) is 0 Å². The van der Waals surface area contributed by atoms with E-state index in [1.165, 1.54) is 7.11 Å². The summed E-state index contributed by atoms with van der Waals surface area (Å²) in [5.74, 6) is 0.215. The van der Waals surface area contributed by atoms with E-state index in [4.69, 9.17) is 31.2 Å². The SMILES string of the molecule is COC(=O)c1cccc(NC(=S)N[C@@H]2CO[C@@H]3[C@@H]2OC[C@@H]3n2nnnc2Oc2ccccc2)c1. The molecule has 0 radical (unpaired) electrons. The fraction of sp³-hybridized carbons (Fsp3) is 0.318. The number of tetrazole rings is 1. The molecule has 1 aromatic heterocycles. The zero-order chi connectivity index (χ0) is 23.5. The maximum atomic E-state index is 11.8. The van der Waals surface area contributed by atoms with Crippen LogP contribution in [0.25, 0.3) is 0 Å². The predicted octanol–water partition coefficient (Wildman–Crippen LogP) is 1.95. The van der Waals surface area contributed by atoms with Crippen LogP contribution in [0.2, 0.25) is 0 Å². The molecule has 0 unspecified atom stereocenters. The summed E-state index contributed by atoms with van der Waals surface area (Å²) >= 11 is 5.47. The third kappa shape index (κ3) is 4.55. The molecule has 2 saturated heterocycles. The van der Waals surface area contributed by atoms with Gasteiger partial charge in [-0.3, -0.25) is 0 Å². The number of fused-ring (bicyclic) bond motifs is 1. The van der Waals surface area contributed by atoms with Crippen LogP contribution in [-0.2, 0) is 14.2 Å². The number of hydrogen-bond acceptors (Lipinski definition) is 9. The molecule has 12 heteroatoms. The average Bonchev–Trinajstić information content (AvgIpc) is 3.57. The van der Waals surface area contributed by atoms with Crippen molar-refractivity contribution in [2.24, 2.45) is 0 Å². The van der Waals surface area contributed by atoms with Gasteiger partial charge in [-0.05, 0) is 53.0 Å². The molecule has 3 heterocycles. The molecule has 4 atom stereocenters. The molecule has 0 aliphatic carbocycles. The predicted molar refractivity (Wildman–Crippen MR) is 124 cm³/mol. The highest BCUT2D eigenvalue weighted by Crippen LogP contribution is 2.36. The van der Waals surface area contributed by atoms with E-state index in [2.05, 4.69) is 26.2 Å². The average molecular weight is 483 g/mol. The van der Waals surface area contributed by atoms with Gasteiger partial charge in [-0.1, -0.05) is 29.4 Å². The standard InChI is InChI=1S/C22H22N6O5S/c1-30-20(29)13-6-5-7-14(10-13)23-21(34)24-16-11-31-19-17(12-32-18(16)19)28-22(25-26-27-28)33-15-8-3-2-4-9-15/h2-10,16-19H,11-12H2,1H3,(H2,23,24,34)/t16-,17+,18-,19+/m1/s1. The molecule has 0 saturated carbocycles. The van der Waals surface area contributed by atoms with E-state index in [0.717, 1.165) is 0 Å². The molecule has 5 rings (SSSR count). The van der Waals surface area contributed by atoms with Crippen molar-refractivity contribution in [1.82, 2.24) is 25.5 Å². The normalized spacial score (nSPS) is 23.2. The van der Waals surface area contributed by atoms with Crippen LogP contribution in [0.4, 0.5) is 5.69 Å². The molecular weight excluding hydrogens is 460 g/mol. The first-order valence-corrected chi connectivity index (χ1v) is 11.0. The Labute approximate surface area is 200 Å². The minimum absolute atomic E-state index is 0.172. The number of ether oxygens (including phenoxy) is 4. The van der Waals surface area contributed by atoms with E-state index in [1.54, 1.807) is 22.9 Å². The Kier molecular flexibility index (Phi) is 6.34. The highest BCUT2D eigenvalue weighted by molar-refractivity contribution is 7.80. The van der Waals surface area contributed by atoms with Gasteiger partial charge in [-0.2, -0.15) is 4.68 Å². The molecule has 0 spiro atoms. The maximum Gasteiger partial charge on any atom is 0.341 e. The second-order valence-electron chi connectivity index (χ2n) is 7.76. The van der Waals surface area contributed by atoms with Crippen LogP contribution in [0, 0.1) is 0 Å². The molecule has 3 aromatic rings. The summed E-state index contributed by atoms with van der Waals surface area (Å²) in [5, 5.41) is 18.6. The number of nitrogens with zero attached hydrogens (tertiary/aromatic N) is 4. The van der Waals surface area contributed by atoms with Gasteiger partial charge in [0.1, 0.15) is 24.0 Å². The summed E-state index contributed by atoms with van der Waals surface area (Å²) in [5.41, 5.74) is 1.09. The molecular formula is C22H22N6O5S. The topological polar surface area (TPSA) is 122 Å². The smallest absolute Gasteiger partial charge is 0.341 e. The Balaban J connectivity index is 1.22. The summed E-state index contributed by atoms with van der Waals surface area (Å²) in [6, 6.07) is 16.0. The quantitative estimate of drug-likeness (QED) is 0.396. The molecule has 11 nitrogen and oxygen atoms in total. The first-order chi connectivity index (χ1) is 16.6. The Bertz CT molecular complexity index is 1180. The van der Waals surface area contributed by atoms with Crippen molar-refractivity contribution < 1.29 is 23.7 Å². The number of nitrogens with one attached hydrogen (secondary N) is 2. The van der Waals surface area contributed by atoms with Crippen molar-refractivity contribution >= 4 is 29.0 Å². The largest absolute Gasteiger partial charge is 0.465 e. The van der Waals surface area contributed by atoms with Gasteiger partial charge in [-0.25, -0.2) is 4.79 Å². The Morgan fingerprint density at radius 3 is 2.76 bits per heavy atom. The molecule has 176 valence electrons. The number of benzene rings is 2. The number of hydrogen-bond donors (Lipinski definition) is 2. The lowest BCUT2D eigenvalue weighted by Gasteiger charge is -2.20. The van der Waals surface area contributed by atoms with Gasteiger partial charge in [0.2, 0.25) is 0 Å². The monoisotopic (exact) mass is 482 g/mol. The number of esters is 1. The van der Waals surface area contributed by atoms with E-state index >= 15 is 0 Å². The number of methoxy groups -OCH3 is 1. The van der Waals surface area contributed by atoms with Crippen molar-refractivity contribution in [3.8, 4) is 11.8 Å². The number of thiocarbonyl (C=S) groups is 1. The van der Waals surface area contributed by atoms with E-state index in [-0.39, 0.29) is 30.3 Å². The molecule has 2 N–H and O–H groups in total. The van der Waals surface area contributed by atoms with E-state index in [0.29, 0.717) is 35.3 Å². The molecule has 34 heavy (non-hydrogen) atoms. The molecule has 0 amide bonds. The highest BCUT2D eigenvalue weighted by Gasteiger charge is 2.50. The van der Waals surface area contributed by atoms with Gasteiger partial charge in [0, 0.05) is 5.69 Å². The molecule has 2 fully saturated rings. The number of rotatable bonds is 6. The lowest BCUT2D eigenvalue weighted by Crippen LogP contribution is -2.45. The van der Waals surface area contributed by atoms with E-state index in [1.807, 2.05) is 36.4 Å². The third-order valence-electron chi connectivity index (χ3n) is 5.61. The summed E-state index contributed by atoms with van der Waals surface area (Å²) in [7, 11) is 1.34. The van der Waals surface area contributed by atoms with Crippen LogP contribution >= 0.6 is 12.2 Å². The van der Waals surface area contributed by atoms with Crippen LogP contribution in [0.5, 0.6) is 11.8 Å². The Morgan fingerprint density at radius 1 is 1.12 bits per heavy atom. The lowest BCUT2D eigenvalue weighted by atomic mass is 10.1. The molecule has 0 bridgehead atoms. The third-order valence-corrected chi connectivity index (χ3v) is 5.83. The molecule has 2 aliphatic heterocycles. The van der Waals surface area contributed by atoms with Gasteiger partial charge >= 0.3 is 12.0 Å². The number of para-hydroxylation sites is 1. The van der Waals surface area contributed by atoms with Crippen molar-refractivity contribution in [2.45, 2.75) is 24.3 Å². The first kappa shape index (κ1) is 22.2. The number of anilines is 1. The van der Waals surface area contributed by atoms with Gasteiger partial charge < -0.3 is 29.6 Å². The second kappa shape index (κ2) is 9.71. The van der Waals surface area contributed by atoms with Crippen molar-refractivity contribution in [3.63, 3.8) is 0 Å². The number of carbonyl (C=O) groups excluding carboxylic acids is 1. The van der Waals surface area contributed by atoms with Gasteiger partial charge in [0.15, 0.2) is 5.11 Å². The second-order valence-corrected chi connectivity index (χ2v) is 8.17. The zero-order valence-corrected chi connectivity index (χ0v) is 19.0. The number of carbonyl (C=O) groups is 1. The lowest BCUT2D eigenvalue weighted by molar-refractivity contribution is 0.0600. The van der Waals surface area contributed by atoms with Crippen LogP contribution in [-0.4, -0.2) is 69.9 Å². The summed E-state index contributed by atoms with van der Waals surface area (Å²) < 4.78 is 24.3. The summed E-state index contributed by atoms with van der Waals surface area (Å²) in [6.07, 6.45) is -0.524. The summed E-state index contributed by atoms with van der Waals surface area (Å²) in [6.45, 7) is 0.762. The zero-order valence-electron chi connectivity index (χ0n) is 18.2. The van der Waals surface area contributed by atoms with Crippen LogP contribution in [0.15, 0.2) is 54.6 Å². The van der Waals surface area contributed by atoms with Crippen molar-refractivity contribution in [2.75, 3.05) is 25.6 Å². The fourth-order valence-electron chi connectivity index (χ4n) is 4.04. The fourth-order valence-corrected chi connectivity index (χ4v) is 4.31. The Morgan fingerprint density at radius 2 is 1.94 bits per heavy atom. The van der Waals surface area contributed by atoms with Crippen LogP contribution in [0.3, 0.4) is 0 Å². The minimum Gasteiger partial charge on any atom is -0.465 e. The highest BCUT2D eigenvalue weighted by atomic mass is 32.1. The Hall–Kier alpha value is -3.61. The maximum absolute atomic E-state index is 11.8. The minimum atomic E-state index is -0.418. The van der Waals surface area contributed by atoms with Crippen molar-refractivity contribution in [3.05, 3.63) is 60.2 Å². The van der Waals surface area contributed by atoms with Crippen molar-refractivity contribution in [1.29, 1.82) is 0 Å². The summed E-state index contributed by atoms with van der Waals surface area (Å²) in [4.78, 5) is 11.8. The van der Waals surface area contributed by atoms with E-state index < -0.39 is 5.97 Å². The first-order valence-electron chi connectivity index (χ1n) is 10.6. The molecule has 2 aromatic carbocycles. The molecule has 2 aliphatic rings. The van der Waals surface area contributed by atoms with Gasteiger partial charge in [-0.15, -0.1) is 0 Å². The van der Waals surface area contributed by atoms with Crippen LogP contribution < -0.4 is 15.4 Å².